The number of primary amides is 1. The molecule has 1 unspecified atom stereocenters. The van der Waals surface area contributed by atoms with Crippen LogP contribution in [0.2, 0.25) is 0 Å². The molecule has 1 saturated carbocycles. The third kappa shape index (κ3) is 14.4. The summed E-state index contributed by atoms with van der Waals surface area (Å²) in [6.07, 6.45) is 4.62. The van der Waals surface area contributed by atoms with Gasteiger partial charge in [0.15, 0.2) is 5.96 Å². The van der Waals surface area contributed by atoms with Gasteiger partial charge in [-0.05, 0) is 43.6 Å². The predicted octanol–water partition coefficient (Wildman–Crippen LogP) is -1.18. The van der Waals surface area contributed by atoms with Crippen LogP contribution in [0.5, 0.6) is 0 Å². The molecule has 1 saturated heterocycles. The minimum Gasteiger partial charge on any atom is -0.481 e. The number of aliphatic carboxylic acids is 1. The number of ether oxygens (including phenoxy) is 1. The Kier molecular flexibility index (Phi) is 16.9. The predicted molar refractivity (Wildman–Crippen MR) is 195 cm³/mol. The number of hydrogen-bond acceptors (Lipinski definition) is 9. The highest BCUT2D eigenvalue weighted by molar-refractivity contribution is 6.02. The summed E-state index contributed by atoms with van der Waals surface area (Å²) in [6.45, 7) is 1.18. The summed E-state index contributed by atoms with van der Waals surface area (Å²) >= 11 is 0. The lowest BCUT2D eigenvalue weighted by atomic mass is 9.84. The zero-order valence-electron chi connectivity index (χ0n) is 30.0. The fourth-order valence-corrected chi connectivity index (χ4v) is 6.48. The van der Waals surface area contributed by atoms with Gasteiger partial charge >= 0.3 is 5.97 Å². The van der Waals surface area contributed by atoms with Crippen molar-refractivity contribution in [3.05, 3.63) is 35.4 Å². The van der Waals surface area contributed by atoms with Crippen LogP contribution in [0, 0.1) is 17.2 Å². The standard InChI is InChI=1S/C35H54N10O8/c36-29(37)23-10-8-22(9-11-23)19-24(34(52)45-15-17-53-18-16-45)31(49)42-26(12-13-28(46)47)33(51)43-25(7-4-14-41-35(39)40)32(50)44-27(30(38)48)20-21-5-2-1-3-6-21/h8-11,21,24-27H,1-7,12-20H2,(H3,36,37)(H2,38,48)(H,42,49)(H,43,51)(H,44,50)(H,46,47)(H4,39,40,41)/t24?,25-,26-,27-/m0/s1. The van der Waals surface area contributed by atoms with E-state index in [4.69, 9.17) is 33.1 Å². The van der Waals surface area contributed by atoms with Crippen LogP contribution in [0.3, 0.4) is 0 Å². The summed E-state index contributed by atoms with van der Waals surface area (Å²) < 4.78 is 5.36. The number of guanidine groups is 1. The molecular formula is C35H54N10O8. The maximum atomic E-state index is 13.9. The van der Waals surface area contributed by atoms with Gasteiger partial charge in [-0.2, -0.15) is 0 Å². The van der Waals surface area contributed by atoms with Crippen molar-refractivity contribution in [2.24, 2.45) is 39.8 Å². The summed E-state index contributed by atoms with van der Waals surface area (Å²) in [5.74, 6) is -6.27. The van der Waals surface area contributed by atoms with Crippen LogP contribution >= 0.6 is 0 Å². The molecule has 18 nitrogen and oxygen atoms in total. The average molecular weight is 743 g/mol. The normalized spacial score (nSPS) is 16.9. The SMILES string of the molecule is N=C(N)c1ccc(CC(C(=O)N[C@@H](CCC(=O)O)C(=O)N[C@@H](CCCN=C(N)N)C(=O)N[C@@H](CC2CCCCC2)C(N)=O)C(=O)N2CCOCC2)cc1. The van der Waals surface area contributed by atoms with Gasteiger partial charge in [0.1, 0.15) is 29.9 Å². The van der Waals surface area contributed by atoms with Gasteiger partial charge in [0.05, 0.1) is 13.2 Å². The number of hydrogen-bond donors (Lipinski definition) is 9. The van der Waals surface area contributed by atoms with Crippen LogP contribution in [0.1, 0.15) is 75.3 Å². The topological polar surface area (TPSA) is 312 Å². The number of carbonyl (C=O) groups is 6. The molecule has 5 amide bonds. The number of benzene rings is 1. The molecule has 3 rings (SSSR count). The van der Waals surface area contributed by atoms with E-state index in [0.717, 1.165) is 32.1 Å². The molecule has 18 heteroatoms. The first-order chi connectivity index (χ1) is 25.2. The Bertz CT molecular complexity index is 1470. The number of carbonyl (C=O) groups excluding carboxylic acids is 5. The number of morpholine rings is 1. The number of nitrogens with one attached hydrogen (secondary N) is 4. The highest BCUT2D eigenvalue weighted by Crippen LogP contribution is 2.27. The molecule has 2 aliphatic rings. The van der Waals surface area contributed by atoms with Gasteiger partial charge < -0.3 is 53.6 Å². The minimum absolute atomic E-state index is 0.0251. The van der Waals surface area contributed by atoms with Gasteiger partial charge in [0.25, 0.3) is 0 Å². The number of amidine groups is 1. The molecule has 1 aromatic rings. The van der Waals surface area contributed by atoms with Crippen molar-refractivity contribution >= 4 is 47.3 Å². The number of nitrogens with two attached hydrogens (primary N) is 4. The third-order valence-corrected chi connectivity index (χ3v) is 9.45. The van der Waals surface area contributed by atoms with Gasteiger partial charge in [0, 0.05) is 31.6 Å². The number of nitrogen functional groups attached to an aromatic ring is 1. The maximum Gasteiger partial charge on any atom is 0.303 e. The van der Waals surface area contributed by atoms with Crippen molar-refractivity contribution < 1.29 is 38.6 Å². The van der Waals surface area contributed by atoms with Crippen LogP contribution in [0.15, 0.2) is 29.3 Å². The summed E-state index contributed by atoms with van der Waals surface area (Å²) in [4.78, 5) is 84.5. The molecule has 1 aromatic carbocycles. The first-order valence-corrected chi connectivity index (χ1v) is 18.0. The smallest absolute Gasteiger partial charge is 0.303 e. The first-order valence-electron chi connectivity index (χ1n) is 18.0. The Morgan fingerprint density at radius 1 is 0.849 bits per heavy atom. The number of rotatable bonds is 20. The second-order valence-corrected chi connectivity index (χ2v) is 13.5. The number of aliphatic imine (C=N–C) groups is 1. The Hall–Kier alpha value is -5.26. The van der Waals surface area contributed by atoms with Crippen LogP contribution in [0.4, 0.5) is 0 Å². The van der Waals surface area contributed by atoms with E-state index >= 15 is 0 Å². The number of nitrogens with zero attached hydrogens (tertiary/aromatic N) is 2. The Morgan fingerprint density at radius 2 is 1.43 bits per heavy atom. The van der Waals surface area contributed by atoms with Crippen LogP contribution < -0.4 is 38.9 Å². The monoisotopic (exact) mass is 742 g/mol. The molecular weight excluding hydrogens is 688 g/mol. The quantitative estimate of drug-likeness (QED) is 0.0331. The Morgan fingerprint density at radius 3 is 2.00 bits per heavy atom. The van der Waals surface area contributed by atoms with E-state index in [9.17, 15) is 33.9 Å². The number of carboxylic acids is 1. The maximum absolute atomic E-state index is 13.9. The zero-order chi connectivity index (χ0) is 38.9. The molecule has 4 atom stereocenters. The van der Waals surface area contributed by atoms with Gasteiger partial charge in [-0.1, -0.05) is 56.4 Å². The van der Waals surface area contributed by atoms with Crippen molar-refractivity contribution in [3.8, 4) is 0 Å². The first kappa shape index (κ1) is 42.2. The van der Waals surface area contributed by atoms with Crippen molar-refractivity contribution in [1.82, 2.24) is 20.9 Å². The zero-order valence-corrected chi connectivity index (χ0v) is 30.0. The molecule has 13 N–H and O–H groups in total. The highest BCUT2D eigenvalue weighted by atomic mass is 16.5. The Labute approximate surface area is 308 Å². The van der Waals surface area contributed by atoms with E-state index in [1.807, 2.05) is 0 Å². The molecule has 0 radical (unpaired) electrons. The lowest BCUT2D eigenvalue weighted by Gasteiger charge is -2.31. The largest absolute Gasteiger partial charge is 0.481 e. The van der Waals surface area contributed by atoms with E-state index in [-0.39, 0.29) is 76.2 Å². The van der Waals surface area contributed by atoms with Crippen molar-refractivity contribution in [3.63, 3.8) is 0 Å². The van der Waals surface area contributed by atoms with E-state index in [1.165, 1.54) is 4.90 Å². The Balaban J connectivity index is 1.84. The summed E-state index contributed by atoms with van der Waals surface area (Å²) in [7, 11) is 0. The van der Waals surface area contributed by atoms with E-state index in [1.54, 1.807) is 24.3 Å². The van der Waals surface area contributed by atoms with E-state index in [0.29, 0.717) is 17.5 Å². The molecule has 1 aliphatic carbocycles. The average Bonchev–Trinajstić information content (AvgIpc) is 3.13. The van der Waals surface area contributed by atoms with Crippen molar-refractivity contribution in [2.45, 2.75) is 88.8 Å². The lowest BCUT2D eigenvalue weighted by molar-refractivity contribution is -0.147. The molecule has 0 spiro atoms. The molecule has 1 aliphatic heterocycles. The van der Waals surface area contributed by atoms with E-state index in [2.05, 4.69) is 20.9 Å². The van der Waals surface area contributed by atoms with Gasteiger partial charge in [-0.25, -0.2) is 0 Å². The van der Waals surface area contributed by atoms with Crippen LogP contribution in [0.25, 0.3) is 0 Å². The fraction of sp³-hybridized carbons (Fsp3) is 0.600. The molecule has 0 bridgehead atoms. The second-order valence-electron chi connectivity index (χ2n) is 13.5. The van der Waals surface area contributed by atoms with Crippen molar-refractivity contribution in [1.29, 1.82) is 5.41 Å². The number of amides is 5. The molecule has 53 heavy (non-hydrogen) atoms. The second kappa shape index (κ2) is 21.3. The summed E-state index contributed by atoms with van der Waals surface area (Å²) in [6, 6.07) is 2.77. The number of carboxylic acid groups (broad SMARTS) is 1. The molecule has 2 fully saturated rings. The van der Waals surface area contributed by atoms with Gasteiger partial charge in [-0.3, -0.25) is 39.2 Å². The lowest BCUT2D eigenvalue weighted by Crippen LogP contribution is -2.57. The molecule has 0 aromatic heterocycles. The highest BCUT2D eigenvalue weighted by Gasteiger charge is 2.36. The van der Waals surface area contributed by atoms with Crippen molar-refractivity contribution in [2.75, 3.05) is 32.8 Å². The van der Waals surface area contributed by atoms with E-state index < -0.39 is 66.0 Å². The van der Waals surface area contributed by atoms with Crippen LogP contribution in [-0.4, -0.2) is 108 Å². The van der Waals surface area contributed by atoms with Gasteiger partial charge in [-0.15, -0.1) is 0 Å². The minimum atomic E-state index is -1.46. The molecule has 292 valence electrons. The summed E-state index contributed by atoms with van der Waals surface area (Å²) in [5.41, 5.74) is 23.1. The molecule has 1 heterocycles. The van der Waals surface area contributed by atoms with Gasteiger partial charge in [0.2, 0.25) is 29.5 Å². The van der Waals surface area contributed by atoms with Crippen LogP contribution in [-0.2, 0) is 39.9 Å². The fourth-order valence-electron chi connectivity index (χ4n) is 6.48. The summed E-state index contributed by atoms with van der Waals surface area (Å²) in [5, 5.41) is 25.0. The third-order valence-electron chi connectivity index (χ3n) is 9.45.